The molecule has 29 heavy (non-hydrogen) atoms. The van der Waals surface area contributed by atoms with Gasteiger partial charge in [0.15, 0.2) is 0 Å². The van der Waals surface area contributed by atoms with Gasteiger partial charge in [-0.25, -0.2) is 4.39 Å². The first-order chi connectivity index (χ1) is 14.1. The highest BCUT2D eigenvalue weighted by atomic mass is 79.9. The molecule has 0 aliphatic heterocycles. The summed E-state index contributed by atoms with van der Waals surface area (Å²) in [6.45, 7) is 0.627. The second kappa shape index (κ2) is 8.85. The number of rotatable bonds is 6. The van der Waals surface area contributed by atoms with E-state index in [-0.39, 0.29) is 12.4 Å². The molecule has 0 bridgehead atoms. The number of anilines is 1. The van der Waals surface area contributed by atoms with Gasteiger partial charge in [0.05, 0.1) is 5.02 Å². The second-order valence-corrected chi connectivity index (χ2v) is 7.94. The molecule has 0 radical (unpaired) electrons. The maximum Gasteiger partial charge on any atom is 0.131 e. The smallest absolute Gasteiger partial charge is 0.131 e. The van der Waals surface area contributed by atoms with E-state index >= 15 is 0 Å². The molecule has 0 aliphatic carbocycles. The van der Waals surface area contributed by atoms with Crippen LogP contribution in [0, 0.1) is 5.82 Å². The summed E-state index contributed by atoms with van der Waals surface area (Å²) in [5, 5.41) is 6.19. The van der Waals surface area contributed by atoms with Gasteiger partial charge in [-0.2, -0.15) is 0 Å². The largest absolute Gasteiger partial charge is 0.488 e. The van der Waals surface area contributed by atoms with E-state index < -0.39 is 0 Å². The van der Waals surface area contributed by atoms with Crippen molar-refractivity contribution in [1.29, 1.82) is 0 Å². The number of benzene rings is 4. The molecule has 0 aliphatic rings. The minimum atomic E-state index is -0.370. The van der Waals surface area contributed by atoms with Crippen molar-refractivity contribution < 1.29 is 9.13 Å². The third-order valence-corrected chi connectivity index (χ3v) is 5.56. The van der Waals surface area contributed by atoms with Gasteiger partial charge in [-0.15, -0.1) is 0 Å². The van der Waals surface area contributed by atoms with Gasteiger partial charge in [0, 0.05) is 33.2 Å². The van der Waals surface area contributed by atoms with Crippen molar-refractivity contribution in [3.63, 3.8) is 0 Å². The van der Waals surface area contributed by atoms with Gasteiger partial charge in [-0.3, -0.25) is 0 Å². The monoisotopic (exact) mass is 469 g/mol. The predicted molar refractivity (Wildman–Crippen MR) is 121 cm³/mol. The summed E-state index contributed by atoms with van der Waals surface area (Å²) in [4.78, 5) is 0. The summed E-state index contributed by atoms with van der Waals surface area (Å²) >= 11 is 9.63. The molecule has 146 valence electrons. The number of nitrogens with one attached hydrogen (secondary N) is 1. The van der Waals surface area contributed by atoms with Crippen molar-refractivity contribution in [1.82, 2.24) is 0 Å². The molecule has 0 unspecified atom stereocenters. The molecule has 2 nitrogen and oxygen atoms in total. The summed E-state index contributed by atoms with van der Waals surface area (Å²) < 4.78 is 20.9. The van der Waals surface area contributed by atoms with Gasteiger partial charge in [0.1, 0.15) is 18.2 Å². The van der Waals surface area contributed by atoms with E-state index in [9.17, 15) is 4.39 Å². The molecular formula is C24H18BrClFNO. The average Bonchev–Trinajstić information content (AvgIpc) is 2.73. The Morgan fingerprint density at radius 2 is 1.72 bits per heavy atom. The average molecular weight is 471 g/mol. The van der Waals surface area contributed by atoms with E-state index in [4.69, 9.17) is 16.3 Å². The maximum atomic E-state index is 14.1. The molecule has 0 atom stereocenters. The number of ether oxygens (including phenoxy) is 1. The first-order valence-electron chi connectivity index (χ1n) is 9.17. The predicted octanol–water partition coefficient (Wildman–Crippen LogP) is 7.59. The Bertz CT molecular complexity index is 1140. The summed E-state index contributed by atoms with van der Waals surface area (Å²) in [7, 11) is 0. The van der Waals surface area contributed by atoms with Crippen LogP contribution in [0.3, 0.4) is 0 Å². The maximum absolute atomic E-state index is 14.1. The van der Waals surface area contributed by atoms with Crippen LogP contribution >= 0.6 is 27.5 Å². The Kier molecular flexibility index (Phi) is 6.02. The van der Waals surface area contributed by atoms with Gasteiger partial charge in [0.2, 0.25) is 0 Å². The van der Waals surface area contributed by atoms with Gasteiger partial charge < -0.3 is 10.1 Å². The van der Waals surface area contributed by atoms with Crippen LogP contribution in [0.25, 0.3) is 10.8 Å². The minimum absolute atomic E-state index is 0.0639. The lowest BCUT2D eigenvalue weighted by atomic mass is 10.1. The van der Waals surface area contributed by atoms with E-state index in [1.54, 1.807) is 12.1 Å². The lowest BCUT2D eigenvalue weighted by Gasteiger charge is -2.15. The molecule has 0 fully saturated rings. The molecule has 0 amide bonds. The van der Waals surface area contributed by atoms with Gasteiger partial charge >= 0.3 is 0 Å². The molecule has 0 saturated carbocycles. The van der Waals surface area contributed by atoms with Crippen LogP contribution in [0.1, 0.15) is 11.1 Å². The fourth-order valence-corrected chi connectivity index (χ4v) is 3.84. The van der Waals surface area contributed by atoms with Crippen molar-refractivity contribution in [2.45, 2.75) is 13.2 Å². The van der Waals surface area contributed by atoms with Gasteiger partial charge in [-0.05, 0) is 41.8 Å². The number of halogens is 3. The number of hydrogen-bond acceptors (Lipinski definition) is 2. The quantitative estimate of drug-likeness (QED) is 0.313. The van der Waals surface area contributed by atoms with Crippen molar-refractivity contribution in [3.8, 4) is 5.75 Å². The van der Waals surface area contributed by atoms with E-state index in [2.05, 4.69) is 45.5 Å². The van der Waals surface area contributed by atoms with Gasteiger partial charge in [-0.1, -0.05) is 70.0 Å². The standard InChI is InChI=1S/C24H18BrClFNO/c25-18-11-12-24(29-15-20-21(26)8-4-9-22(20)27)17(13-18)14-28-23-10-3-6-16-5-1-2-7-19(16)23/h1-13,28H,14-15H2. The molecule has 0 heterocycles. The minimum Gasteiger partial charge on any atom is -0.488 e. The van der Waals surface area contributed by atoms with E-state index in [0.29, 0.717) is 22.9 Å². The molecule has 5 heteroatoms. The Labute approximate surface area is 182 Å². The summed E-state index contributed by atoms with van der Waals surface area (Å²) in [6, 6.07) is 24.8. The third-order valence-electron chi connectivity index (χ3n) is 4.72. The normalized spacial score (nSPS) is 10.9. The second-order valence-electron chi connectivity index (χ2n) is 6.62. The van der Waals surface area contributed by atoms with E-state index in [1.807, 2.05) is 36.4 Å². The lowest BCUT2D eigenvalue weighted by Crippen LogP contribution is -2.05. The zero-order valence-electron chi connectivity index (χ0n) is 15.5. The first-order valence-corrected chi connectivity index (χ1v) is 10.3. The highest BCUT2D eigenvalue weighted by molar-refractivity contribution is 9.10. The number of hydrogen-bond donors (Lipinski definition) is 1. The Morgan fingerprint density at radius 1 is 0.931 bits per heavy atom. The fraction of sp³-hybridized carbons (Fsp3) is 0.0833. The van der Waals surface area contributed by atoms with Crippen molar-refractivity contribution in [2.24, 2.45) is 0 Å². The molecule has 1 N–H and O–H groups in total. The molecule has 4 aromatic carbocycles. The van der Waals surface area contributed by atoms with E-state index in [1.165, 1.54) is 11.5 Å². The molecule has 0 aromatic heterocycles. The Morgan fingerprint density at radius 3 is 2.59 bits per heavy atom. The zero-order valence-corrected chi connectivity index (χ0v) is 17.8. The summed E-state index contributed by atoms with van der Waals surface area (Å²) in [6.07, 6.45) is 0. The van der Waals surface area contributed by atoms with Crippen LogP contribution < -0.4 is 10.1 Å². The lowest BCUT2D eigenvalue weighted by molar-refractivity contribution is 0.297. The Balaban J connectivity index is 1.55. The molecule has 4 aromatic rings. The fourth-order valence-electron chi connectivity index (χ4n) is 3.22. The molecule has 0 saturated heterocycles. The van der Waals surface area contributed by atoms with Crippen molar-refractivity contribution in [3.05, 3.63) is 105 Å². The SMILES string of the molecule is Fc1cccc(Cl)c1COc1ccc(Br)cc1CNc1cccc2ccccc12. The van der Waals surface area contributed by atoms with Crippen LogP contribution in [-0.2, 0) is 13.2 Å². The van der Waals surface area contributed by atoms with Crippen LogP contribution in [0.4, 0.5) is 10.1 Å². The van der Waals surface area contributed by atoms with Crippen LogP contribution in [0.2, 0.25) is 5.02 Å². The highest BCUT2D eigenvalue weighted by Gasteiger charge is 2.11. The highest BCUT2D eigenvalue weighted by Crippen LogP contribution is 2.29. The molecule has 4 rings (SSSR count). The van der Waals surface area contributed by atoms with Crippen molar-refractivity contribution >= 4 is 44.0 Å². The molecule has 0 spiro atoms. The topological polar surface area (TPSA) is 21.3 Å². The summed E-state index contributed by atoms with van der Waals surface area (Å²) in [5.74, 6) is 0.310. The van der Waals surface area contributed by atoms with Crippen LogP contribution in [0.5, 0.6) is 5.75 Å². The van der Waals surface area contributed by atoms with Gasteiger partial charge in [0.25, 0.3) is 0 Å². The molecular weight excluding hydrogens is 453 g/mol. The Hall–Kier alpha value is -2.56. The van der Waals surface area contributed by atoms with Crippen molar-refractivity contribution in [2.75, 3.05) is 5.32 Å². The summed E-state index contributed by atoms with van der Waals surface area (Å²) in [5.41, 5.74) is 2.36. The van der Waals surface area contributed by atoms with Crippen LogP contribution in [0.15, 0.2) is 83.3 Å². The van der Waals surface area contributed by atoms with Crippen LogP contribution in [-0.4, -0.2) is 0 Å². The zero-order chi connectivity index (χ0) is 20.2. The third kappa shape index (κ3) is 4.55. The first kappa shape index (κ1) is 19.7. The van der Waals surface area contributed by atoms with E-state index in [0.717, 1.165) is 21.1 Å². The number of fused-ring (bicyclic) bond motifs is 1.